The minimum absolute atomic E-state index is 0.478. The van der Waals surface area contributed by atoms with Crippen LogP contribution in [-0.2, 0) is 0 Å². The molecule has 63 heavy (non-hydrogen) atoms. The third kappa shape index (κ3) is 9.39. The van der Waals surface area contributed by atoms with E-state index in [1.165, 1.54) is 16.7 Å². The zero-order chi connectivity index (χ0) is 42.9. The Bertz CT molecular complexity index is 2700. The normalized spacial score (nSPS) is 14.7. The maximum absolute atomic E-state index is 2.46. The second kappa shape index (κ2) is 18.8. The van der Waals surface area contributed by atoms with Crippen molar-refractivity contribution in [3.8, 4) is 0 Å². The van der Waals surface area contributed by atoms with Gasteiger partial charge in [-0.3, -0.25) is 0 Å². The van der Waals surface area contributed by atoms with Gasteiger partial charge in [-0.2, -0.15) is 0 Å². The lowest BCUT2D eigenvalue weighted by molar-refractivity contribution is 0.635. The van der Waals surface area contributed by atoms with E-state index in [0.717, 1.165) is 63.0 Å². The lowest BCUT2D eigenvalue weighted by Crippen LogP contribution is -2.43. The number of nitrogens with zero attached hydrogens (tertiary/aromatic N) is 3. The Morgan fingerprint density at radius 1 is 0.365 bits per heavy atom. The lowest BCUT2D eigenvalue weighted by atomic mass is 9.84. The molecular weight excluding hydrogens is 763 g/mol. The van der Waals surface area contributed by atoms with Crippen LogP contribution in [0.25, 0.3) is 12.2 Å². The third-order valence-electron chi connectivity index (χ3n) is 11.6. The Labute approximate surface area is 373 Å². The summed E-state index contributed by atoms with van der Waals surface area (Å²) in [6.45, 7) is 4.26. The summed E-state index contributed by atoms with van der Waals surface area (Å²) in [5, 5.41) is 0. The Hall–Kier alpha value is -7.88. The van der Waals surface area contributed by atoms with Crippen LogP contribution < -0.4 is 14.7 Å². The summed E-state index contributed by atoms with van der Waals surface area (Å²) in [5.41, 5.74) is 14.5. The van der Waals surface area contributed by atoms with Crippen molar-refractivity contribution in [2.45, 2.75) is 25.8 Å². The highest BCUT2D eigenvalue weighted by Gasteiger charge is 2.34. The number of para-hydroxylation sites is 4. The van der Waals surface area contributed by atoms with Crippen LogP contribution >= 0.6 is 0 Å². The van der Waals surface area contributed by atoms with E-state index in [-0.39, 0.29) is 0 Å². The van der Waals surface area contributed by atoms with Gasteiger partial charge in [0.1, 0.15) is 0 Å². The smallest absolute Gasteiger partial charge is 0.0858 e. The molecule has 1 aliphatic carbocycles. The van der Waals surface area contributed by atoms with E-state index in [4.69, 9.17) is 0 Å². The van der Waals surface area contributed by atoms with Gasteiger partial charge in [0.2, 0.25) is 0 Å². The summed E-state index contributed by atoms with van der Waals surface area (Å²) in [6.07, 6.45) is 16.9. The van der Waals surface area contributed by atoms with Crippen molar-refractivity contribution in [3.63, 3.8) is 0 Å². The number of aryl methyl sites for hydroxylation is 2. The van der Waals surface area contributed by atoms with Crippen LogP contribution in [0.1, 0.15) is 28.7 Å². The summed E-state index contributed by atoms with van der Waals surface area (Å²) >= 11 is 0. The molecule has 306 valence electrons. The van der Waals surface area contributed by atoms with Crippen molar-refractivity contribution >= 4 is 57.7 Å². The van der Waals surface area contributed by atoms with Crippen LogP contribution in [0.3, 0.4) is 0 Å². The average molecular weight is 814 g/mol. The predicted octanol–water partition coefficient (Wildman–Crippen LogP) is 16.4. The van der Waals surface area contributed by atoms with E-state index < -0.39 is 5.54 Å². The summed E-state index contributed by atoms with van der Waals surface area (Å²) in [5.74, 6) is 0. The van der Waals surface area contributed by atoms with E-state index >= 15 is 0 Å². The first-order chi connectivity index (χ1) is 31.0. The van der Waals surface area contributed by atoms with Crippen molar-refractivity contribution in [3.05, 3.63) is 277 Å². The van der Waals surface area contributed by atoms with Gasteiger partial charge in [0.15, 0.2) is 0 Å². The molecule has 0 heterocycles. The van der Waals surface area contributed by atoms with E-state index in [9.17, 15) is 0 Å². The second-order valence-corrected chi connectivity index (χ2v) is 16.1. The number of hydrogen-bond donors (Lipinski definition) is 0. The van der Waals surface area contributed by atoms with Gasteiger partial charge in [0, 0.05) is 45.5 Å². The summed E-state index contributed by atoms with van der Waals surface area (Å²) in [7, 11) is 0. The largest absolute Gasteiger partial charge is 0.328 e. The molecule has 0 bridgehead atoms. The second-order valence-electron chi connectivity index (χ2n) is 16.1. The first kappa shape index (κ1) is 40.5. The molecule has 0 aliphatic heterocycles. The molecule has 8 aromatic rings. The Kier molecular flexibility index (Phi) is 12.1. The first-order valence-electron chi connectivity index (χ1n) is 21.7. The summed E-state index contributed by atoms with van der Waals surface area (Å²) < 4.78 is 0. The van der Waals surface area contributed by atoms with E-state index in [0.29, 0.717) is 0 Å². The molecule has 0 aromatic heterocycles. The molecule has 0 saturated carbocycles. The van der Waals surface area contributed by atoms with Crippen LogP contribution in [0.4, 0.5) is 45.5 Å². The van der Waals surface area contributed by atoms with Gasteiger partial charge in [-0.05, 0) is 134 Å². The van der Waals surface area contributed by atoms with Gasteiger partial charge in [0.05, 0.1) is 5.54 Å². The Balaban J connectivity index is 1.01. The average Bonchev–Trinajstić information content (AvgIpc) is 3.34. The number of benzene rings is 8. The van der Waals surface area contributed by atoms with Crippen LogP contribution in [0.15, 0.2) is 254 Å². The highest BCUT2D eigenvalue weighted by Crippen LogP contribution is 2.41. The number of allylic oxidation sites excluding steroid dienone is 3. The number of rotatable bonds is 13. The zero-order valence-corrected chi connectivity index (χ0v) is 35.9. The molecule has 1 atom stereocenters. The van der Waals surface area contributed by atoms with Crippen LogP contribution in [-0.4, -0.2) is 5.54 Å². The van der Waals surface area contributed by atoms with Crippen LogP contribution in [0, 0.1) is 13.8 Å². The molecule has 1 unspecified atom stereocenters. The molecule has 9 rings (SSSR count). The SMILES string of the molecule is Cc1ccc(N(c2ccc(C)cc2)c2ccc(C=CC3(N(c4ccccc4)c4ccccc4)C=CC(C=Cc4ccc(N(c5ccccc5)c5ccccc5)cc4)=CC3)cc2)cc1. The maximum Gasteiger partial charge on any atom is 0.0858 e. The van der Waals surface area contributed by atoms with Crippen molar-refractivity contribution in [2.75, 3.05) is 14.7 Å². The molecule has 3 nitrogen and oxygen atoms in total. The zero-order valence-electron chi connectivity index (χ0n) is 35.9. The monoisotopic (exact) mass is 813 g/mol. The van der Waals surface area contributed by atoms with Gasteiger partial charge >= 0.3 is 0 Å². The molecule has 0 radical (unpaired) electrons. The standard InChI is InChI=1S/C60H51N3/c1-47-23-33-54(34-24-47)62(55-35-25-48(2)26-36-55)57-39-31-50(32-40-57)41-44-60(63(58-19-11-5-12-20-58)59-21-13-6-14-22-59)45-42-51(43-46-60)28-27-49-29-37-56(38-30-49)61(52-15-7-3-8-16-52)53-17-9-4-10-18-53/h3-45H,46H2,1-2H3. The highest BCUT2D eigenvalue weighted by atomic mass is 15.2. The molecule has 0 amide bonds. The van der Waals surface area contributed by atoms with E-state index in [1.807, 2.05) is 0 Å². The van der Waals surface area contributed by atoms with E-state index in [2.05, 4.69) is 289 Å². The number of hydrogen-bond acceptors (Lipinski definition) is 3. The molecule has 0 spiro atoms. The summed E-state index contributed by atoms with van der Waals surface area (Å²) in [4.78, 5) is 7.08. The maximum atomic E-state index is 2.46. The first-order valence-corrected chi connectivity index (χ1v) is 21.7. The Morgan fingerprint density at radius 3 is 1.10 bits per heavy atom. The topological polar surface area (TPSA) is 9.72 Å². The highest BCUT2D eigenvalue weighted by molar-refractivity contribution is 5.79. The third-order valence-corrected chi connectivity index (χ3v) is 11.6. The minimum Gasteiger partial charge on any atom is -0.328 e. The van der Waals surface area contributed by atoms with Crippen molar-refractivity contribution in [1.82, 2.24) is 0 Å². The van der Waals surface area contributed by atoms with Crippen LogP contribution in [0.2, 0.25) is 0 Å². The fraction of sp³-hybridized carbons (Fsp3) is 0.0667. The molecule has 0 fully saturated rings. The van der Waals surface area contributed by atoms with Crippen molar-refractivity contribution in [2.24, 2.45) is 0 Å². The quantitative estimate of drug-likeness (QED) is 0.115. The minimum atomic E-state index is -0.478. The number of anilines is 8. The van der Waals surface area contributed by atoms with E-state index in [1.54, 1.807) is 0 Å². The fourth-order valence-electron chi connectivity index (χ4n) is 8.27. The molecular formula is C60H51N3. The molecule has 3 heteroatoms. The Morgan fingerprint density at radius 2 is 0.714 bits per heavy atom. The van der Waals surface area contributed by atoms with Gasteiger partial charge in [-0.25, -0.2) is 0 Å². The molecule has 1 aliphatic rings. The fourth-order valence-corrected chi connectivity index (χ4v) is 8.27. The van der Waals surface area contributed by atoms with Gasteiger partial charge in [0.25, 0.3) is 0 Å². The summed E-state index contributed by atoms with van der Waals surface area (Å²) in [6, 6.07) is 77.7. The van der Waals surface area contributed by atoms with Gasteiger partial charge < -0.3 is 14.7 Å². The molecule has 0 saturated heterocycles. The molecule has 8 aromatic carbocycles. The molecule has 0 N–H and O–H groups in total. The van der Waals surface area contributed by atoms with Gasteiger partial charge in [-0.1, -0.05) is 175 Å². The van der Waals surface area contributed by atoms with Crippen molar-refractivity contribution < 1.29 is 0 Å². The van der Waals surface area contributed by atoms with Gasteiger partial charge in [-0.15, -0.1) is 0 Å². The van der Waals surface area contributed by atoms with Crippen LogP contribution in [0.5, 0.6) is 0 Å². The predicted molar refractivity (Wildman–Crippen MR) is 269 cm³/mol. The lowest BCUT2D eigenvalue weighted by Gasteiger charge is -2.43. The van der Waals surface area contributed by atoms with Crippen molar-refractivity contribution in [1.29, 1.82) is 0 Å².